The predicted molar refractivity (Wildman–Crippen MR) is 127 cm³/mol. The number of H-pyrrole nitrogens is 1. The number of nitrogens with one attached hydrogen (secondary N) is 2. The van der Waals surface area contributed by atoms with Gasteiger partial charge in [0.15, 0.2) is 11.5 Å². The first-order valence-corrected chi connectivity index (χ1v) is 11.8. The maximum atomic E-state index is 12.8. The number of likely N-dealkylation sites (tertiary alicyclic amines) is 1. The molecule has 0 radical (unpaired) electrons. The van der Waals surface area contributed by atoms with Crippen LogP contribution in [-0.4, -0.2) is 65.4 Å². The lowest BCUT2D eigenvalue weighted by Crippen LogP contribution is -2.28. The summed E-state index contributed by atoms with van der Waals surface area (Å²) in [6.45, 7) is 3.09. The zero-order valence-electron chi connectivity index (χ0n) is 19.0. The summed E-state index contributed by atoms with van der Waals surface area (Å²) < 4.78 is 10.6. The molecular formula is C25H31N5O3. The van der Waals surface area contributed by atoms with Gasteiger partial charge >= 0.3 is 0 Å². The average molecular weight is 450 g/mol. The van der Waals surface area contributed by atoms with Gasteiger partial charge in [-0.3, -0.25) is 9.89 Å². The topological polar surface area (TPSA) is 92.4 Å². The van der Waals surface area contributed by atoms with Gasteiger partial charge in [-0.05, 0) is 55.5 Å². The van der Waals surface area contributed by atoms with Crippen molar-refractivity contribution in [3.8, 4) is 5.75 Å². The zero-order chi connectivity index (χ0) is 22.6. The number of aromatic nitrogens is 3. The zero-order valence-corrected chi connectivity index (χ0v) is 19.0. The number of hydrogen-bond donors (Lipinski definition) is 2. The summed E-state index contributed by atoms with van der Waals surface area (Å²) in [5.74, 6) is 2.16. The first-order valence-electron chi connectivity index (χ1n) is 11.8. The number of amides is 1. The number of rotatable bonds is 7. The number of fused-ring (bicyclic) bond motifs is 1. The van der Waals surface area contributed by atoms with E-state index in [1.807, 2.05) is 29.2 Å². The Morgan fingerprint density at radius 1 is 1.18 bits per heavy atom. The summed E-state index contributed by atoms with van der Waals surface area (Å²) in [4.78, 5) is 19.6. The number of aryl methyl sites for hydroxylation is 1. The maximum absolute atomic E-state index is 12.8. The van der Waals surface area contributed by atoms with Gasteiger partial charge in [0.2, 0.25) is 5.91 Å². The highest BCUT2D eigenvalue weighted by atomic mass is 16.5. The van der Waals surface area contributed by atoms with E-state index in [4.69, 9.17) is 14.5 Å². The summed E-state index contributed by atoms with van der Waals surface area (Å²) in [7, 11) is 1.66. The van der Waals surface area contributed by atoms with Gasteiger partial charge in [0.1, 0.15) is 5.75 Å². The summed E-state index contributed by atoms with van der Waals surface area (Å²) in [6.07, 6.45) is 4.18. The molecule has 1 aromatic carbocycles. The van der Waals surface area contributed by atoms with Gasteiger partial charge in [-0.1, -0.05) is 12.1 Å². The third-order valence-corrected chi connectivity index (χ3v) is 6.75. The Labute approximate surface area is 193 Å². The van der Waals surface area contributed by atoms with Gasteiger partial charge in [-0.15, -0.1) is 0 Å². The van der Waals surface area contributed by atoms with Gasteiger partial charge in [-0.2, -0.15) is 5.10 Å². The average Bonchev–Trinajstić information content (AvgIpc) is 3.51. The van der Waals surface area contributed by atoms with E-state index < -0.39 is 0 Å². The van der Waals surface area contributed by atoms with E-state index in [1.54, 1.807) is 7.11 Å². The molecule has 174 valence electrons. The van der Waals surface area contributed by atoms with Crippen molar-refractivity contribution in [3.05, 3.63) is 47.7 Å². The smallest absolute Gasteiger partial charge is 0.222 e. The molecule has 0 aliphatic carbocycles. The summed E-state index contributed by atoms with van der Waals surface area (Å²) >= 11 is 0. The molecule has 0 spiro atoms. The molecule has 1 unspecified atom stereocenters. The van der Waals surface area contributed by atoms with E-state index in [0.29, 0.717) is 12.5 Å². The summed E-state index contributed by atoms with van der Waals surface area (Å²) in [6, 6.07) is 12.5. The van der Waals surface area contributed by atoms with Crippen molar-refractivity contribution in [3.63, 3.8) is 0 Å². The predicted octanol–water partition coefficient (Wildman–Crippen LogP) is 3.51. The molecule has 2 saturated heterocycles. The van der Waals surface area contributed by atoms with E-state index in [0.717, 1.165) is 85.8 Å². The van der Waals surface area contributed by atoms with Crippen LogP contribution in [0.15, 0.2) is 36.4 Å². The summed E-state index contributed by atoms with van der Waals surface area (Å²) in [5, 5.41) is 12.1. The minimum Gasteiger partial charge on any atom is -0.497 e. The molecule has 8 nitrogen and oxygen atoms in total. The molecule has 33 heavy (non-hydrogen) atoms. The Balaban J connectivity index is 1.17. The van der Waals surface area contributed by atoms with Crippen LogP contribution in [0.4, 0.5) is 5.82 Å². The minimum absolute atomic E-state index is 0.207. The Morgan fingerprint density at radius 2 is 2.00 bits per heavy atom. The molecular weight excluding hydrogens is 418 g/mol. The number of aromatic amines is 1. The molecule has 1 amide bonds. The number of ether oxygens (including phenoxy) is 2. The third-order valence-electron chi connectivity index (χ3n) is 6.75. The molecule has 0 bridgehead atoms. The number of anilines is 1. The number of hydrogen-bond acceptors (Lipinski definition) is 6. The number of nitrogens with zero attached hydrogens (tertiary/aromatic N) is 3. The maximum Gasteiger partial charge on any atom is 0.222 e. The molecule has 1 atom stereocenters. The van der Waals surface area contributed by atoms with Crippen LogP contribution in [0.1, 0.15) is 42.9 Å². The van der Waals surface area contributed by atoms with Crippen molar-refractivity contribution in [2.24, 2.45) is 0 Å². The van der Waals surface area contributed by atoms with Crippen LogP contribution in [-0.2, 0) is 16.0 Å². The van der Waals surface area contributed by atoms with Crippen molar-refractivity contribution in [1.82, 2.24) is 20.1 Å². The van der Waals surface area contributed by atoms with Gasteiger partial charge in [0, 0.05) is 50.4 Å². The van der Waals surface area contributed by atoms with Gasteiger partial charge in [-0.25, -0.2) is 4.98 Å². The lowest BCUT2D eigenvalue weighted by Gasteiger charge is -2.23. The fraction of sp³-hybridized carbons (Fsp3) is 0.480. The van der Waals surface area contributed by atoms with Crippen molar-refractivity contribution in [2.75, 3.05) is 38.7 Å². The van der Waals surface area contributed by atoms with Crippen molar-refractivity contribution >= 4 is 22.8 Å². The SMILES string of the molecule is COc1ccc(CCC(=O)N2CCC(c3ccc4c(NC5CCOCC5)n[nH]c4n3)C2)cc1. The second-order valence-corrected chi connectivity index (χ2v) is 8.91. The van der Waals surface area contributed by atoms with Crippen LogP contribution in [0.2, 0.25) is 0 Å². The largest absolute Gasteiger partial charge is 0.497 e. The molecule has 0 saturated carbocycles. The van der Waals surface area contributed by atoms with E-state index in [-0.39, 0.29) is 11.8 Å². The van der Waals surface area contributed by atoms with E-state index >= 15 is 0 Å². The molecule has 8 heteroatoms. The molecule has 2 aromatic heterocycles. The Hall–Kier alpha value is -3.13. The van der Waals surface area contributed by atoms with Crippen LogP contribution in [0.25, 0.3) is 11.0 Å². The highest BCUT2D eigenvalue weighted by Crippen LogP contribution is 2.29. The van der Waals surface area contributed by atoms with Crippen LogP contribution < -0.4 is 10.1 Å². The number of pyridine rings is 1. The minimum atomic E-state index is 0.207. The van der Waals surface area contributed by atoms with E-state index in [2.05, 4.69) is 27.6 Å². The Morgan fingerprint density at radius 3 is 2.79 bits per heavy atom. The number of methoxy groups -OCH3 is 1. The molecule has 3 aromatic rings. The van der Waals surface area contributed by atoms with Crippen molar-refractivity contribution in [2.45, 2.75) is 44.1 Å². The molecule has 2 aliphatic heterocycles. The number of benzene rings is 1. The van der Waals surface area contributed by atoms with Crippen molar-refractivity contribution < 1.29 is 14.3 Å². The second-order valence-electron chi connectivity index (χ2n) is 8.91. The van der Waals surface area contributed by atoms with Crippen LogP contribution >= 0.6 is 0 Å². The highest BCUT2D eigenvalue weighted by Gasteiger charge is 2.28. The van der Waals surface area contributed by atoms with E-state index in [1.165, 1.54) is 0 Å². The van der Waals surface area contributed by atoms with Crippen LogP contribution in [0.5, 0.6) is 5.75 Å². The van der Waals surface area contributed by atoms with Gasteiger partial charge in [0.05, 0.1) is 12.5 Å². The number of carbonyl (C=O) groups excluding carboxylic acids is 1. The Bertz CT molecular complexity index is 1090. The van der Waals surface area contributed by atoms with Gasteiger partial charge in [0.25, 0.3) is 0 Å². The molecule has 4 heterocycles. The quantitative estimate of drug-likeness (QED) is 0.574. The number of carbonyl (C=O) groups is 1. The Kier molecular flexibility index (Phi) is 6.44. The highest BCUT2D eigenvalue weighted by molar-refractivity contribution is 5.87. The molecule has 2 aliphatic rings. The lowest BCUT2D eigenvalue weighted by atomic mass is 10.0. The molecule has 2 N–H and O–H groups in total. The second kappa shape index (κ2) is 9.79. The normalized spacial score (nSPS) is 19.2. The van der Waals surface area contributed by atoms with Crippen molar-refractivity contribution in [1.29, 1.82) is 0 Å². The standard InChI is InChI=1S/C25H31N5O3/c1-32-20-5-2-17(3-6-20)4-9-23(31)30-13-10-18(16-30)22-8-7-21-24(28-29-25(21)27-22)26-19-11-14-33-15-12-19/h2-3,5-8,18-19H,4,9-16H2,1H3,(H2,26,27,28,29). The molecule has 5 rings (SSSR count). The fourth-order valence-electron chi connectivity index (χ4n) is 4.72. The first-order chi connectivity index (χ1) is 16.2. The molecule has 2 fully saturated rings. The lowest BCUT2D eigenvalue weighted by molar-refractivity contribution is -0.130. The third kappa shape index (κ3) is 4.95. The summed E-state index contributed by atoms with van der Waals surface area (Å²) in [5.41, 5.74) is 2.97. The monoisotopic (exact) mass is 449 g/mol. The van der Waals surface area contributed by atoms with Crippen LogP contribution in [0, 0.1) is 0 Å². The fourth-order valence-corrected chi connectivity index (χ4v) is 4.72. The van der Waals surface area contributed by atoms with Crippen LogP contribution in [0.3, 0.4) is 0 Å². The van der Waals surface area contributed by atoms with Gasteiger partial charge < -0.3 is 19.7 Å². The van der Waals surface area contributed by atoms with E-state index in [9.17, 15) is 4.79 Å². The first kappa shape index (κ1) is 21.7.